The van der Waals surface area contributed by atoms with Gasteiger partial charge >= 0.3 is 0 Å². The van der Waals surface area contributed by atoms with Crippen LogP contribution in [0.3, 0.4) is 0 Å². The Morgan fingerprint density at radius 2 is 2.43 bits per heavy atom. The molecule has 0 radical (unpaired) electrons. The van der Waals surface area contributed by atoms with Gasteiger partial charge in [-0.25, -0.2) is 0 Å². The SMILES string of the molecule is CCCCCOn1ccc(C(N)=O)n1. The second kappa shape index (κ2) is 5.26. The summed E-state index contributed by atoms with van der Waals surface area (Å²) in [6.45, 7) is 2.73. The van der Waals surface area contributed by atoms with Gasteiger partial charge in [0.05, 0.1) is 6.20 Å². The van der Waals surface area contributed by atoms with Gasteiger partial charge in [-0.05, 0) is 12.5 Å². The fourth-order valence-corrected chi connectivity index (χ4v) is 1.02. The Bertz CT molecular complexity index is 296. The summed E-state index contributed by atoms with van der Waals surface area (Å²) in [5, 5.41) is 3.83. The highest BCUT2D eigenvalue weighted by atomic mass is 16.7. The number of hydrogen-bond donors (Lipinski definition) is 1. The minimum absolute atomic E-state index is 0.223. The van der Waals surface area contributed by atoms with Gasteiger partial charge in [-0.2, -0.15) is 0 Å². The maximum atomic E-state index is 10.7. The van der Waals surface area contributed by atoms with Gasteiger partial charge in [0.1, 0.15) is 6.61 Å². The van der Waals surface area contributed by atoms with Gasteiger partial charge in [0.25, 0.3) is 5.91 Å². The number of aromatic nitrogens is 2. The van der Waals surface area contributed by atoms with E-state index in [1.165, 1.54) is 10.9 Å². The van der Waals surface area contributed by atoms with Crippen LogP contribution in [0.5, 0.6) is 0 Å². The van der Waals surface area contributed by atoms with Crippen molar-refractivity contribution in [2.45, 2.75) is 26.2 Å². The van der Waals surface area contributed by atoms with Crippen molar-refractivity contribution in [2.24, 2.45) is 5.73 Å². The van der Waals surface area contributed by atoms with Crippen molar-refractivity contribution in [3.63, 3.8) is 0 Å². The number of primary amides is 1. The fraction of sp³-hybridized carbons (Fsp3) is 0.556. The highest BCUT2D eigenvalue weighted by Gasteiger charge is 2.04. The first-order chi connectivity index (χ1) is 6.74. The smallest absolute Gasteiger partial charge is 0.269 e. The molecule has 2 N–H and O–H groups in total. The molecule has 0 aliphatic rings. The lowest BCUT2D eigenvalue weighted by Crippen LogP contribution is -2.16. The van der Waals surface area contributed by atoms with Crippen molar-refractivity contribution in [1.82, 2.24) is 9.94 Å². The van der Waals surface area contributed by atoms with E-state index in [1.54, 1.807) is 6.20 Å². The van der Waals surface area contributed by atoms with Gasteiger partial charge in [-0.3, -0.25) is 4.79 Å². The van der Waals surface area contributed by atoms with Gasteiger partial charge in [0.15, 0.2) is 5.69 Å². The summed E-state index contributed by atoms with van der Waals surface area (Å²) in [7, 11) is 0. The van der Waals surface area contributed by atoms with Crippen LogP contribution in [-0.4, -0.2) is 22.5 Å². The van der Waals surface area contributed by atoms with Crippen molar-refractivity contribution in [1.29, 1.82) is 0 Å². The molecule has 1 amide bonds. The van der Waals surface area contributed by atoms with Crippen LogP contribution < -0.4 is 10.6 Å². The van der Waals surface area contributed by atoms with Crippen LogP contribution in [0.15, 0.2) is 12.3 Å². The van der Waals surface area contributed by atoms with E-state index >= 15 is 0 Å². The second-order valence-electron chi connectivity index (χ2n) is 3.01. The molecule has 1 aromatic heterocycles. The molecule has 0 aliphatic heterocycles. The largest absolute Gasteiger partial charge is 0.397 e. The first-order valence-electron chi connectivity index (χ1n) is 4.72. The zero-order chi connectivity index (χ0) is 10.4. The highest BCUT2D eigenvalue weighted by molar-refractivity contribution is 5.90. The van der Waals surface area contributed by atoms with Crippen LogP contribution in [-0.2, 0) is 0 Å². The fourth-order valence-electron chi connectivity index (χ4n) is 1.02. The van der Waals surface area contributed by atoms with E-state index in [2.05, 4.69) is 12.0 Å². The minimum atomic E-state index is -0.541. The van der Waals surface area contributed by atoms with Crippen molar-refractivity contribution in [2.75, 3.05) is 6.61 Å². The second-order valence-corrected chi connectivity index (χ2v) is 3.01. The van der Waals surface area contributed by atoms with Crippen LogP contribution in [0, 0.1) is 0 Å². The summed E-state index contributed by atoms with van der Waals surface area (Å²) in [5.41, 5.74) is 5.26. The molecule has 0 atom stereocenters. The Hall–Kier alpha value is -1.52. The van der Waals surface area contributed by atoms with Gasteiger partial charge < -0.3 is 10.6 Å². The number of carbonyl (C=O) groups is 1. The molecule has 5 heteroatoms. The quantitative estimate of drug-likeness (QED) is 0.679. The van der Waals surface area contributed by atoms with E-state index in [9.17, 15) is 4.79 Å². The van der Waals surface area contributed by atoms with Crippen molar-refractivity contribution in [3.05, 3.63) is 18.0 Å². The normalized spacial score (nSPS) is 10.1. The number of hydrogen-bond acceptors (Lipinski definition) is 3. The predicted octanol–water partition coefficient (Wildman–Crippen LogP) is 0.601. The third kappa shape index (κ3) is 3.08. The van der Waals surface area contributed by atoms with E-state index in [4.69, 9.17) is 10.6 Å². The third-order valence-corrected chi connectivity index (χ3v) is 1.79. The van der Waals surface area contributed by atoms with E-state index < -0.39 is 5.91 Å². The Balaban J connectivity index is 2.33. The van der Waals surface area contributed by atoms with Crippen molar-refractivity contribution >= 4 is 5.91 Å². The molecule has 0 aliphatic carbocycles. The summed E-state index contributed by atoms with van der Waals surface area (Å²) < 4.78 is 0. The van der Waals surface area contributed by atoms with Crippen LogP contribution in [0.1, 0.15) is 36.7 Å². The summed E-state index contributed by atoms with van der Waals surface area (Å²) in [4.78, 5) is 17.2. The average molecular weight is 197 g/mol. The molecule has 0 spiro atoms. The van der Waals surface area contributed by atoms with Crippen LogP contribution >= 0.6 is 0 Å². The summed E-state index contributed by atoms with van der Waals surface area (Å²) in [6, 6.07) is 1.53. The lowest BCUT2D eigenvalue weighted by molar-refractivity contribution is 0.0770. The molecule has 1 aromatic rings. The Labute approximate surface area is 82.8 Å². The molecule has 5 nitrogen and oxygen atoms in total. The Kier molecular flexibility index (Phi) is 3.97. The Morgan fingerprint density at radius 1 is 1.64 bits per heavy atom. The molecule has 0 saturated carbocycles. The number of nitrogens with zero attached hydrogens (tertiary/aromatic N) is 2. The van der Waals surface area contributed by atoms with Gasteiger partial charge in [-0.1, -0.05) is 19.8 Å². The minimum Gasteiger partial charge on any atom is -0.397 e. The number of unbranched alkanes of at least 4 members (excludes halogenated alkanes) is 2. The molecule has 78 valence electrons. The van der Waals surface area contributed by atoms with Crippen LogP contribution in [0.2, 0.25) is 0 Å². The van der Waals surface area contributed by atoms with E-state index in [1.807, 2.05) is 0 Å². The topological polar surface area (TPSA) is 70.1 Å². The zero-order valence-electron chi connectivity index (χ0n) is 8.27. The first kappa shape index (κ1) is 10.6. The van der Waals surface area contributed by atoms with Gasteiger partial charge in [0.2, 0.25) is 0 Å². The lowest BCUT2D eigenvalue weighted by atomic mass is 10.3. The number of amides is 1. The van der Waals surface area contributed by atoms with Crippen LogP contribution in [0.25, 0.3) is 0 Å². The van der Waals surface area contributed by atoms with Gasteiger partial charge in [0, 0.05) is 0 Å². The molecule has 0 unspecified atom stereocenters. The summed E-state index contributed by atoms with van der Waals surface area (Å²) in [5.74, 6) is -0.541. The molecule has 0 aromatic carbocycles. The van der Waals surface area contributed by atoms with E-state index in [0.717, 1.165) is 19.3 Å². The molecular formula is C9H15N3O2. The summed E-state index contributed by atoms with van der Waals surface area (Å²) in [6.07, 6.45) is 4.84. The molecule has 0 saturated heterocycles. The molecule has 1 heterocycles. The van der Waals surface area contributed by atoms with E-state index in [-0.39, 0.29) is 5.69 Å². The van der Waals surface area contributed by atoms with E-state index in [0.29, 0.717) is 6.61 Å². The van der Waals surface area contributed by atoms with Crippen molar-refractivity contribution in [3.8, 4) is 0 Å². The molecule has 14 heavy (non-hydrogen) atoms. The Morgan fingerprint density at radius 3 is 3.00 bits per heavy atom. The number of rotatable bonds is 6. The highest BCUT2D eigenvalue weighted by Crippen LogP contribution is 1.95. The molecular weight excluding hydrogens is 182 g/mol. The number of carbonyl (C=O) groups excluding carboxylic acids is 1. The average Bonchev–Trinajstić information content (AvgIpc) is 2.61. The zero-order valence-corrected chi connectivity index (χ0v) is 8.27. The number of nitrogens with two attached hydrogens (primary N) is 1. The lowest BCUT2D eigenvalue weighted by Gasteiger charge is -2.03. The maximum absolute atomic E-state index is 10.7. The standard InChI is InChI=1S/C9H15N3O2/c1-2-3-4-7-14-12-6-5-8(11-12)9(10)13/h5-6H,2-4,7H2,1H3,(H2,10,13). The monoisotopic (exact) mass is 197 g/mol. The summed E-state index contributed by atoms with van der Waals surface area (Å²) >= 11 is 0. The third-order valence-electron chi connectivity index (χ3n) is 1.79. The van der Waals surface area contributed by atoms with Crippen molar-refractivity contribution < 1.29 is 9.63 Å². The molecule has 0 fully saturated rings. The molecule has 0 bridgehead atoms. The van der Waals surface area contributed by atoms with Crippen LogP contribution in [0.4, 0.5) is 0 Å². The predicted molar refractivity (Wildman–Crippen MR) is 51.7 cm³/mol. The maximum Gasteiger partial charge on any atom is 0.269 e. The first-order valence-corrected chi connectivity index (χ1v) is 4.72. The van der Waals surface area contributed by atoms with Gasteiger partial charge in [-0.15, -0.1) is 9.94 Å². The molecule has 1 rings (SSSR count).